The molecule has 2 radical (unpaired) electrons. The molecule has 0 saturated carbocycles. The van der Waals surface area contributed by atoms with E-state index in [1.165, 1.54) is 186 Å². The van der Waals surface area contributed by atoms with Gasteiger partial charge in [-0.1, -0.05) is 253 Å². The monoisotopic (exact) mass is 962 g/mol. The molecule has 0 nitrogen and oxygen atoms in total. The summed E-state index contributed by atoms with van der Waals surface area (Å²) >= 11 is 0. The van der Waals surface area contributed by atoms with Crippen LogP contribution in [-0.4, -0.2) is 9.52 Å². The van der Waals surface area contributed by atoms with Gasteiger partial charge in [-0.2, -0.15) is 12.1 Å². The number of benzene rings is 6. The first-order valence-corrected chi connectivity index (χ1v) is 26.7. The minimum atomic E-state index is 0. The van der Waals surface area contributed by atoms with Crippen LogP contribution in [0.2, 0.25) is 13.1 Å². The molecule has 0 aliphatic carbocycles. The normalized spacial score (nSPS) is 11.0. The van der Waals surface area contributed by atoms with Crippen molar-refractivity contribution in [2.45, 2.75) is 147 Å². The van der Waals surface area contributed by atoms with Gasteiger partial charge in [-0.15, -0.1) is 44.8 Å². The summed E-state index contributed by atoms with van der Waals surface area (Å²) in [6.45, 7) is 26.4. The van der Waals surface area contributed by atoms with Crippen molar-refractivity contribution < 1.29 is 26.2 Å². The first-order valence-electron chi connectivity index (χ1n) is 24.7. The van der Waals surface area contributed by atoms with E-state index in [9.17, 15) is 0 Å². The Morgan fingerprint density at radius 3 is 0.879 bits per heavy atom. The van der Waals surface area contributed by atoms with Crippen LogP contribution in [-0.2, 0) is 39.0 Å². The first kappa shape index (κ1) is 52.6. The molecule has 66 heavy (non-hydrogen) atoms. The summed E-state index contributed by atoms with van der Waals surface area (Å²) in [5.41, 5.74) is 24.3. The fourth-order valence-electron chi connectivity index (χ4n) is 10.0. The van der Waals surface area contributed by atoms with E-state index in [1.54, 1.807) is 0 Å². The zero-order valence-electron chi connectivity index (χ0n) is 42.6. The Kier molecular flexibility index (Phi) is 20.0. The summed E-state index contributed by atoms with van der Waals surface area (Å²) in [4.78, 5) is 0. The average Bonchev–Trinajstić information content (AvgIpc) is 3.87. The molecule has 8 aromatic carbocycles. The molecule has 8 rings (SSSR count). The van der Waals surface area contributed by atoms with Gasteiger partial charge in [0.1, 0.15) is 0 Å². The molecule has 2 heteroatoms. The molecule has 0 saturated heterocycles. The topological polar surface area (TPSA) is 0 Å². The number of aryl methyl sites for hydroxylation is 10. The van der Waals surface area contributed by atoms with E-state index in [0.29, 0.717) is 0 Å². The second-order valence-corrected chi connectivity index (χ2v) is 20.3. The maximum Gasteiger partial charge on any atom is 2.00 e. The van der Waals surface area contributed by atoms with Crippen molar-refractivity contribution in [2.24, 2.45) is 0 Å². The quantitative estimate of drug-likeness (QED) is 0.0579. The molecule has 0 N–H and O–H groups in total. The summed E-state index contributed by atoms with van der Waals surface area (Å²) < 4.78 is 0. The van der Waals surface area contributed by atoms with Gasteiger partial charge in [-0.05, 0) is 79.4 Å². The number of hydrogen-bond donors (Lipinski definition) is 0. The Hall–Kier alpha value is -4.36. The first-order chi connectivity index (χ1) is 31.3. The second kappa shape index (κ2) is 25.1. The molecule has 0 bridgehead atoms. The summed E-state index contributed by atoms with van der Waals surface area (Å²) in [5.74, 6) is 0. The fraction of sp³-hybridized carbons (Fsp3) is 0.344. The van der Waals surface area contributed by atoms with E-state index in [0.717, 1.165) is 9.52 Å². The standard InChI is InChI=1S/2C31H35.C2H6Si.Zr/c2*1-6-7-8-9-10-25-19-30-28(26-15-21(2)13-22(3)16-26)11-12-29(31(30)20-25)27-17-23(4)14-24(5)18-27;1-3-2;/h2*11-20H,6-10H2,1-5H3;1-2H3;/q2*-1;;+2. The Bertz CT molecular complexity index is 2370. The van der Waals surface area contributed by atoms with Gasteiger partial charge in [0.05, 0.1) is 0 Å². The molecule has 0 amide bonds. The molecule has 0 unspecified atom stereocenters. The van der Waals surface area contributed by atoms with Crippen molar-refractivity contribution in [1.82, 2.24) is 0 Å². The summed E-state index contributed by atoms with van der Waals surface area (Å²) in [5, 5.41) is 5.58. The van der Waals surface area contributed by atoms with Crippen LogP contribution in [0.1, 0.15) is 121 Å². The zero-order valence-corrected chi connectivity index (χ0v) is 46.1. The molecule has 0 aliphatic heterocycles. The van der Waals surface area contributed by atoms with Gasteiger partial charge in [-0.3, -0.25) is 0 Å². The van der Waals surface area contributed by atoms with Gasteiger partial charge in [0.25, 0.3) is 0 Å². The van der Waals surface area contributed by atoms with Gasteiger partial charge in [-0.25, -0.2) is 0 Å². The van der Waals surface area contributed by atoms with E-state index in [-0.39, 0.29) is 26.2 Å². The van der Waals surface area contributed by atoms with E-state index in [1.807, 2.05) is 0 Å². The number of hydrogen-bond acceptors (Lipinski definition) is 0. The van der Waals surface area contributed by atoms with Crippen LogP contribution in [0.15, 0.2) is 121 Å². The van der Waals surface area contributed by atoms with Crippen molar-refractivity contribution in [3.05, 3.63) is 177 Å². The van der Waals surface area contributed by atoms with Crippen LogP contribution >= 0.6 is 0 Å². The summed E-state index contributed by atoms with van der Waals surface area (Å²) in [6, 6.07) is 46.8. The minimum Gasteiger partial charge on any atom is -0.164 e. The Labute approximate surface area is 422 Å². The van der Waals surface area contributed by atoms with Crippen molar-refractivity contribution in [3.63, 3.8) is 0 Å². The molecule has 8 aromatic rings. The van der Waals surface area contributed by atoms with E-state index < -0.39 is 0 Å². The SMILES string of the molecule is CCCCCCc1cc2c(-c3cc(C)cc(C)c3)ccc(-c3cc(C)cc(C)c3)c2[cH-]1.CCCCCCc1cc2c(-c3cc(C)cc(C)c3)ccc(-c3cc(C)cc(C)c3)c2[cH-]1.C[Si]C.[Zr+2]. The van der Waals surface area contributed by atoms with E-state index in [4.69, 9.17) is 0 Å². The molecular formula is C64H76SiZr. The predicted octanol–water partition coefficient (Wildman–Crippen LogP) is 19.3. The third-order valence-electron chi connectivity index (χ3n) is 12.7. The second-order valence-electron chi connectivity index (χ2n) is 19.3. The molecular weight excluding hydrogens is 888 g/mol. The Morgan fingerprint density at radius 1 is 0.348 bits per heavy atom. The van der Waals surface area contributed by atoms with Crippen LogP contribution < -0.4 is 0 Å². The molecule has 340 valence electrons. The van der Waals surface area contributed by atoms with Crippen molar-refractivity contribution in [2.75, 3.05) is 0 Å². The largest absolute Gasteiger partial charge is 2.00 e. The van der Waals surface area contributed by atoms with E-state index in [2.05, 4.69) is 204 Å². The maximum atomic E-state index is 2.46. The van der Waals surface area contributed by atoms with Crippen molar-refractivity contribution in [1.29, 1.82) is 0 Å². The smallest absolute Gasteiger partial charge is 0.164 e. The van der Waals surface area contributed by atoms with Crippen LogP contribution in [0.5, 0.6) is 0 Å². The summed E-state index contributed by atoms with van der Waals surface area (Å²) in [7, 11) is 1.08. The molecule has 0 aromatic heterocycles. The zero-order chi connectivity index (χ0) is 46.6. The van der Waals surface area contributed by atoms with Crippen LogP contribution in [0.3, 0.4) is 0 Å². The Morgan fingerprint density at radius 2 is 0.606 bits per heavy atom. The number of rotatable bonds is 14. The van der Waals surface area contributed by atoms with Crippen molar-refractivity contribution >= 4 is 31.1 Å². The molecule has 0 heterocycles. The number of unbranched alkanes of at least 4 members (excludes halogenated alkanes) is 6. The van der Waals surface area contributed by atoms with Gasteiger partial charge < -0.3 is 0 Å². The molecule has 0 spiro atoms. The minimum absolute atomic E-state index is 0. The Balaban J connectivity index is 0.000000230. The van der Waals surface area contributed by atoms with Crippen LogP contribution in [0, 0.1) is 55.4 Å². The third kappa shape index (κ3) is 13.9. The molecule has 0 aliphatic rings. The summed E-state index contributed by atoms with van der Waals surface area (Å²) in [6.07, 6.45) is 12.8. The van der Waals surface area contributed by atoms with Crippen LogP contribution in [0.4, 0.5) is 0 Å². The fourth-order valence-corrected chi connectivity index (χ4v) is 10.0. The van der Waals surface area contributed by atoms with Gasteiger partial charge in [0.2, 0.25) is 0 Å². The predicted molar refractivity (Wildman–Crippen MR) is 292 cm³/mol. The number of fused-ring (bicyclic) bond motifs is 2. The van der Waals surface area contributed by atoms with Gasteiger partial charge in [0.15, 0.2) is 0 Å². The third-order valence-corrected chi connectivity index (χ3v) is 12.7. The van der Waals surface area contributed by atoms with Crippen LogP contribution in [0.25, 0.3) is 66.1 Å². The average molecular weight is 965 g/mol. The van der Waals surface area contributed by atoms with Gasteiger partial charge in [0, 0.05) is 9.52 Å². The van der Waals surface area contributed by atoms with E-state index >= 15 is 0 Å². The molecule has 0 fully saturated rings. The maximum absolute atomic E-state index is 2.46. The van der Waals surface area contributed by atoms with Gasteiger partial charge >= 0.3 is 26.2 Å². The molecule has 0 atom stereocenters. The van der Waals surface area contributed by atoms with Crippen molar-refractivity contribution in [3.8, 4) is 44.5 Å².